The van der Waals surface area contributed by atoms with Gasteiger partial charge in [-0.05, 0) is 72.3 Å². The first kappa shape index (κ1) is 22.7. The first-order chi connectivity index (χ1) is 16.4. The Morgan fingerprint density at radius 1 is 0.824 bits per heavy atom. The molecule has 0 bridgehead atoms. The number of fused-ring (bicyclic) bond motifs is 3. The third-order valence-corrected chi connectivity index (χ3v) is 7.33. The lowest BCUT2D eigenvalue weighted by molar-refractivity contribution is -0.112. The van der Waals surface area contributed by atoms with Crippen LogP contribution in [0.15, 0.2) is 69.6 Å². The van der Waals surface area contributed by atoms with Crippen molar-refractivity contribution < 1.29 is 4.79 Å². The number of rotatable bonds is 3. The van der Waals surface area contributed by atoms with Gasteiger partial charge in [0, 0.05) is 24.0 Å². The molecule has 34 heavy (non-hydrogen) atoms. The summed E-state index contributed by atoms with van der Waals surface area (Å²) in [5.41, 5.74) is 20.8. The zero-order valence-corrected chi connectivity index (χ0v) is 21.4. The predicted molar refractivity (Wildman–Crippen MR) is 146 cm³/mol. The van der Waals surface area contributed by atoms with Crippen LogP contribution in [0, 0.1) is 0 Å². The van der Waals surface area contributed by atoms with Crippen LogP contribution in [0.4, 0.5) is 17.1 Å². The topological polar surface area (TPSA) is 106 Å². The normalized spacial score (nSPS) is 14.8. The second-order valence-electron chi connectivity index (χ2n) is 8.31. The van der Waals surface area contributed by atoms with E-state index in [-0.39, 0.29) is 5.78 Å². The Morgan fingerprint density at radius 2 is 1.44 bits per heavy atom. The summed E-state index contributed by atoms with van der Waals surface area (Å²) < 4.78 is 1.74. The van der Waals surface area contributed by atoms with Crippen LogP contribution < -0.4 is 11.5 Å². The minimum atomic E-state index is 0.107. The standard InChI is InChI=1S/C18H13BrN2O.C8H8BrN3/c19-18-14-9-15-12(7-13(14)10-20-18)8-16(21-15)17(22)6-11-4-2-1-3-5-11;9-8-5-2-7(11)6(10)1-4(5)3-12-8/h1-5,7,9H,6,8,10H2;1-2H,3,10-11H2. The Labute approximate surface area is 214 Å². The quantitative estimate of drug-likeness (QED) is 0.412. The number of nitrogen functional groups attached to an aromatic ring is 2. The molecule has 8 heteroatoms. The van der Waals surface area contributed by atoms with Gasteiger partial charge in [0.1, 0.15) is 9.24 Å². The van der Waals surface area contributed by atoms with Gasteiger partial charge in [-0.3, -0.25) is 14.8 Å². The van der Waals surface area contributed by atoms with Crippen LogP contribution in [0.1, 0.15) is 33.4 Å². The summed E-state index contributed by atoms with van der Waals surface area (Å²) in [5.74, 6) is 0.107. The molecule has 3 aromatic carbocycles. The molecule has 0 saturated carbocycles. The summed E-state index contributed by atoms with van der Waals surface area (Å²) in [6.07, 6.45) is 1.05. The maximum Gasteiger partial charge on any atom is 0.181 e. The minimum Gasteiger partial charge on any atom is -0.397 e. The van der Waals surface area contributed by atoms with Crippen LogP contribution in [-0.4, -0.2) is 20.7 Å². The molecule has 0 unspecified atom stereocenters. The summed E-state index contributed by atoms with van der Waals surface area (Å²) in [6, 6.07) is 17.7. The van der Waals surface area contributed by atoms with Crippen molar-refractivity contribution in [3.8, 4) is 0 Å². The molecule has 3 heterocycles. The first-order valence-electron chi connectivity index (χ1n) is 10.8. The molecule has 6 rings (SSSR count). The number of carbonyl (C=O) groups excluding carboxylic acids is 1. The number of halogens is 2. The van der Waals surface area contributed by atoms with Gasteiger partial charge in [0.2, 0.25) is 0 Å². The maximum atomic E-state index is 12.4. The average Bonchev–Trinajstić information content (AvgIpc) is 3.52. The van der Waals surface area contributed by atoms with E-state index in [1.807, 2.05) is 48.5 Å². The summed E-state index contributed by atoms with van der Waals surface area (Å²) in [4.78, 5) is 25.6. The van der Waals surface area contributed by atoms with Crippen LogP contribution in [0.25, 0.3) is 0 Å². The zero-order chi connectivity index (χ0) is 23.8. The van der Waals surface area contributed by atoms with Gasteiger partial charge in [-0.1, -0.05) is 36.4 Å². The Balaban J connectivity index is 0.000000169. The van der Waals surface area contributed by atoms with Crippen LogP contribution >= 0.6 is 31.9 Å². The molecule has 4 N–H and O–H groups in total. The lowest BCUT2D eigenvalue weighted by Gasteiger charge is -2.03. The number of hydrogen-bond donors (Lipinski definition) is 2. The predicted octanol–water partition coefficient (Wildman–Crippen LogP) is 5.29. The molecular weight excluding hydrogens is 558 g/mol. The first-order valence-corrected chi connectivity index (χ1v) is 12.4. The fourth-order valence-corrected chi connectivity index (χ4v) is 5.13. The van der Waals surface area contributed by atoms with Crippen molar-refractivity contribution in [1.82, 2.24) is 0 Å². The number of nitrogens with two attached hydrogens (primary N) is 2. The molecule has 0 saturated heterocycles. The van der Waals surface area contributed by atoms with Gasteiger partial charge in [-0.15, -0.1) is 0 Å². The molecule has 0 amide bonds. The number of nitrogens with zero attached hydrogens (tertiary/aromatic N) is 3. The highest BCUT2D eigenvalue weighted by Crippen LogP contribution is 2.34. The second kappa shape index (κ2) is 9.27. The lowest BCUT2D eigenvalue weighted by atomic mass is 10.00. The molecular formula is C26H21Br2N5O. The molecule has 170 valence electrons. The van der Waals surface area contributed by atoms with E-state index in [0.717, 1.165) is 42.7 Å². The Kier molecular flexibility index (Phi) is 6.18. The van der Waals surface area contributed by atoms with Gasteiger partial charge in [0.25, 0.3) is 0 Å². The third-order valence-electron chi connectivity index (χ3n) is 5.98. The molecule has 0 atom stereocenters. The molecule has 0 aromatic heterocycles. The highest BCUT2D eigenvalue weighted by atomic mass is 79.9. The number of anilines is 2. The lowest BCUT2D eigenvalue weighted by Crippen LogP contribution is -2.16. The van der Waals surface area contributed by atoms with E-state index in [9.17, 15) is 4.79 Å². The summed E-state index contributed by atoms with van der Waals surface area (Å²) >= 11 is 6.82. The fraction of sp³-hybridized carbons (Fsp3) is 0.154. The maximum absolute atomic E-state index is 12.4. The van der Waals surface area contributed by atoms with Crippen molar-refractivity contribution in [2.24, 2.45) is 15.0 Å². The van der Waals surface area contributed by atoms with Crippen LogP contribution in [-0.2, 0) is 30.7 Å². The van der Waals surface area contributed by atoms with Crippen molar-refractivity contribution in [2.75, 3.05) is 11.5 Å². The number of aliphatic imine (C=N–C) groups is 3. The van der Waals surface area contributed by atoms with Gasteiger partial charge < -0.3 is 11.5 Å². The SMILES string of the molecule is Nc1cc2c(cc1N)C(Br)=NC2.O=C(Cc1ccccc1)C1=Nc2cc3c(cc2C1)CN=C3Br. The number of Topliss-reactive ketones (excluding diaryl/α,β-unsaturated/α-hetero) is 1. The van der Waals surface area contributed by atoms with Crippen molar-refractivity contribution >= 4 is 69.7 Å². The highest BCUT2D eigenvalue weighted by molar-refractivity contribution is 9.18. The largest absolute Gasteiger partial charge is 0.397 e. The van der Waals surface area contributed by atoms with Crippen LogP contribution in [0.2, 0.25) is 0 Å². The molecule has 3 aliphatic rings. The van der Waals surface area contributed by atoms with Crippen molar-refractivity contribution in [2.45, 2.75) is 25.9 Å². The Bertz CT molecular complexity index is 1410. The monoisotopic (exact) mass is 577 g/mol. The summed E-state index contributed by atoms with van der Waals surface area (Å²) in [6.45, 7) is 1.40. The van der Waals surface area contributed by atoms with E-state index < -0.39 is 0 Å². The summed E-state index contributed by atoms with van der Waals surface area (Å²) in [5, 5.41) is 0. The van der Waals surface area contributed by atoms with Gasteiger partial charge in [0.15, 0.2) is 5.78 Å². The fourth-order valence-electron chi connectivity index (χ4n) is 4.14. The van der Waals surface area contributed by atoms with E-state index in [0.29, 0.717) is 43.0 Å². The zero-order valence-electron chi connectivity index (χ0n) is 18.2. The van der Waals surface area contributed by atoms with Crippen molar-refractivity contribution in [3.05, 3.63) is 88.0 Å². The van der Waals surface area contributed by atoms with E-state index in [2.05, 4.69) is 52.9 Å². The van der Waals surface area contributed by atoms with E-state index >= 15 is 0 Å². The number of carbonyl (C=O) groups is 1. The van der Waals surface area contributed by atoms with Crippen LogP contribution in [0.5, 0.6) is 0 Å². The molecule has 0 fully saturated rings. The Hall–Kier alpha value is -3.10. The number of ketones is 1. The molecule has 0 radical (unpaired) electrons. The van der Waals surface area contributed by atoms with Gasteiger partial charge >= 0.3 is 0 Å². The molecule has 0 aliphatic carbocycles. The van der Waals surface area contributed by atoms with E-state index in [1.165, 1.54) is 5.56 Å². The van der Waals surface area contributed by atoms with E-state index in [4.69, 9.17) is 11.5 Å². The molecule has 3 aliphatic heterocycles. The second-order valence-corrected chi connectivity index (χ2v) is 9.81. The number of benzene rings is 3. The average molecular weight is 579 g/mol. The van der Waals surface area contributed by atoms with Gasteiger partial charge in [0.05, 0.1) is 35.9 Å². The minimum absolute atomic E-state index is 0.107. The van der Waals surface area contributed by atoms with E-state index in [1.54, 1.807) is 0 Å². The van der Waals surface area contributed by atoms with Crippen molar-refractivity contribution in [3.63, 3.8) is 0 Å². The van der Waals surface area contributed by atoms with Gasteiger partial charge in [-0.25, -0.2) is 4.99 Å². The number of hydrogen-bond acceptors (Lipinski definition) is 6. The van der Waals surface area contributed by atoms with Gasteiger partial charge in [-0.2, -0.15) is 0 Å². The molecule has 0 spiro atoms. The molecule has 6 nitrogen and oxygen atoms in total. The highest BCUT2D eigenvalue weighted by Gasteiger charge is 2.24. The summed E-state index contributed by atoms with van der Waals surface area (Å²) in [7, 11) is 0. The third kappa shape index (κ3) is 4.48. The van der Waals surface area contributed by atoms with Crippen molar-refractivity contribution in [1.29, 1.82) is 0 Å². The van der Waals surface area contributed by atoms with Crippen LogP contribution in [0.3, 0.4) is 0 Å². The molecule has 3 aromatic rings. The smallest absolute Gasteiger partial charge is 0.181 e. The Morgan fingerprint density at radius 3 is 2.15 bits per heavy atom.